The van der Waals surface area contributed by atoms with Crippen LogP contribution < -0.4 is 11.5 Å². The fraction of sp³-hybridized carbons (Fsp3) is 0.769. The molecule has 5 N–H and O–H groups in total. The van der Waals surface area contributed by atoms with E-state index >= 15 is 0 Å². The van der Waals surface area contributed by atoms with Crippen LogP contribution in [0.5, 0.6) is 0 Å². The molecule has 0 amide bonds. The van der Waals surface area contributed by atoms with Crippen molar-refractivity contribution >= 4 is 17.7 Å². The number of rotatable bonds is 9. The van der Waals surface area contributed by atoms with Crippen LogP contribution in [0.1, 0.15) is 40.0 Å². The molecule has 0 aromatic heterocycles. The zero-order valence-electron chi connectivity index (χ0n) is 12.6. The van der Waals surface area contributed by atoms with Crippen molar-refractivity contribution in [3.63, 3.8) is 0 Å². The second-order valence-corrected chi connectivity index (χ2v) is 4.43. The Balaban J connectivity index is 4.57. The molecule has 0 aliphatic carbocycles. The lowest BCUT2D eigenvalue weighted by atomic mass is 9.93. The summed E-state index contributed by atoms with van der Waals surface area (Å²) in [5.74, 6) is -0.356. The van der Waals surface area contributed by atoms with Crippen LogP contribution in [0, 0.1) is 5.41 Å². The van der Waals surface area contributed by atoms with Crippen LogP contribution in [0.25, 0.3) is 0 Å². The van der Waals surface area contributed by atoms with E-state index in [0.29, 0.717) is 18.8 Å². The van der Waals surface area contributed by atoms with Gasteiger partial charge in [-0.3, -0.25) is 10.4 Å². The zero-order chi connectivity index (χ0) is 15.6. The number of unbranched alkanes of at least 4 members (excludes halogenated alkanes) is 1. The fourth-order valence-electron chi connectivity index (χ4n) is 1.61. The Hall–Kier alpha value is -1.63. The molecule has 0 bridgehead atoms. The highest BCUT2D eigenvalue weighted by atomic mass is 16.5. The predicted molar refractivity (Wildman–Crippen MR) is 78.9 cm³/mol. The lowest BCUT2D eigenvalue weighted by molar-refractivity contribution is -0.147. The van der Waals surface area contributed by atoms with E-state index in [2.05, 4.69) is 4.99 Å². The van der Waals surface area contributed by atoms with Gasteiger partial charge in [-0.1, -0.05) is 0 Å². The van der Waals surface area contributed by atoms with E-state index < -0.39 is 11.5 Å². The van der Waals surface area contributed by atoms with Gasteiger partial charge in [-0.15, -0.1) is 0 Å². The Morgan fingerprint density at radius 1 is 1.25 bits per heavy atom. The number of nitrogens with two attached hydrogens (primary N) is 2. The van der Waals surface area contributed by atoms with Crippen molar-refractivity contribution in [2.45, 2.75) is 45.6 Å². The van der Waals surface area contributed by atoms with Crippen molar-refractivity contribution in [2.75, 3.05) is 19.8 Å². The first kappa shape index (κ1) is 18.4. The van der Waals surface area contributed by atoms with Gasteiger partial charge in [0.15, 0.2) is 5.54 Å². The molecule has 0 fully saturated rings. The van der Waals surface area contributed by atoms with E-state index in [4.69, 9.17) is 26.4 Å². The van der Waals surface area contributed by atoms with Crippen molar-refractivity contribution in [3.05, 3.63) is 0 Å². The van der Waals surface area contributed by atoms with Gasteiger partial charge in [0.1, 0.15) is 0 Å². The third-order valence-electron chi connectivity index (χ3n) is 2.67. The molecule has 0 radical (unpaired) electrons. The van der Waals surface area contributed by atoms with E-state index in [0.717, 1.165) is 6.42 Å². The molecule has 0 heterocycles. The van der Waals surface area contributed by atoms with Gasteiger partial charge in [0.25, 0.3) is 0 Å². The molecule has 0 spiro atoms. The minimum atomic E-state index is -1.52. The Labute approximate surface area is 120 Å². The van der Waals surface area contributed by atoms with Gasteiger partial charge in [0.2, 0.25) is 5.90 Å². The Kier molecular flexibility index (Phi) is 8.54. The quantitative estimate of drug-likeness (QED) is 0.250. The second-order valence-electron chi connectivity index (χ2n) is 4.43. The maximum Gasteiger partial charge on any atom is 0.335 e. The standard InChI is InChI=1S/C13H26N4O3/c1-4-19-11(15)13(16,12(18)20-5-2)8-6-7-9-17-10(3)14/h15H,4-9,16H2,1-3H3,(H2,14,17). The highest BCUT2D eigenvalue weighted by Gasteiger charge is 2.41. The molecule has 0 aromatic carbocycles. The van der Waals surface area contributed by atoms with Crippen LogP contribution in [-0.2, 0) is 14.3 Å². The smallest absolute Gasteiger partial charge is 0.335 e. The van der Waals surface area contributed by atoms with Crippen LogP contribution in [0.2, 0.25) is 0 Å². The van der Waals surface area contributed by atoms with Gasteiger partial charge < -0.3 is 20.9 Å². The topological polar surface area (TPSA) is 124 Å². The van der Waals surface area contributed by atoms with Crippen LogP contribution >= 0.6 is 0 Å². The molecule has 7 heteroatoms. The minimum Gasteiger partial charge on any atom is -0.480 e. The second kappa shape index (κ2) is 9.30. The summed E-state index contributed by atoms with van der Waals surface area (Å²) in [6.07, 6.45) is 1.64. The lowest BCUT2D eigenvalue weighted by Crippen LogP contribution is -2.56. The van der Waals surface area contributed by atoms with E-state index in [1.165, 1.54) is 0 Å². The molecule has 1 unspecified atom stereocenters. The van der Waals surface area contributed by atoms with Crippen LogP contribution in [0.3, 0.4) is 0 Å². The molecule has 0 rings (SSSR count). The molecular formula is C13H26N4O3. The summed E-state index contributed by atoms with van der Waals surface area (Å²) in [5, 5.41) is 7.80. The average molecular weight is 286 g/mol. The molecular weight excluding hydrogens is 260 g/mol. The predicted octanol–water partition coefficient (Wildman–Crippen LogP) is 0.808. The number of esters is 1. The van der Waals surface area contributed by atoms with Gasteiger partial charge in [-0.05, 0) is 40.0 Å². The first-order chi connectivity index (χ1) is 9.38. The molecule has 1 atom stereocenters. The molecule has 7 nitrogen and oxygen atoms in total. The number of amidine groups is 1. The Bertz CT molecular complexity index is 334. The van der Waals surface area contributed by atoms with E-state index in [-0.39, 0.29) is 25.5 Å². The lowest BCUT2D eigenvalue weighted by Gasteiger charge is -2.27. The summed E-state index contributed by atoms with van der Waals surface area (Å²) in [6, 6.07) is 0. The first-order valence-electron chi connectivity index (χ1n) is 6.82. The number of carbonyl (C=O) groups is 1. The molecule has 0 saturated carbocycles. The Morgan fingerprint density at radius 3 is 2.35 bits per heavy atom. The molecule has 0 aliphatic heterocycles. The number of nitrogens with zero attached hydrogens (tertiary/aromatic N) is 1. The fourth-order valence-corrected chi connectivity index (χ4v) is 1.61. The van der Waals surface area contributed by atoms with Gasteiger partial charge in [0, 0.05) is 6.54 Å². The maximum absolute atomic E-state index is 11.9. The average Bonchev–Trinajstić information content (AvgIpc) is 2.38. The summed E-state index contributed by atoms with van der Waals surface area (Å²) >= 11 is 0. The number of ether oxygens (including phenoxy) is 2. The largest absolute Gasteiger partial charge is 0.480 e. The number of carbonyl (C=O) groups excluding carboxylic acids is 1. The maximum atomic E-state index is 11.9. The van der Waals surface area contributed by atoms with Crippen molar-refractivity contribution in [1.29, 1.82) is 5.41 Å². The summed E-state index contributed by atoms with van der Waals surface area (Å²) in [4.78, 5) is 16.0. The highest BCUT2D eigenvalue weighted by molar-refractivity contribution is 6.05. The van der Waals surface area contributed by atoms with Crippen molar-refractivity contribution in [1.82, 2.24) is 0 Å². The number of aliphatic imine (C=N–C) groups is 1. The molecule has 0 aromatic rings. The van der Waals surface area contributed by atoms with Crippen LogP contribution in [0.4, 0.5) is 0 Å². The molecule has 0 aliphatic rings. The minimum absolute atomic E-state index is 0.216. The van der Waals surface area contributed by atoms with Gasteiger partial charge in [-0.2, -0.15) is 0 Å². The van der Waals surface area contributed by atoms with E-state index in [1.54, 1.807) is 20.8 Å². The summed E-state index contributed by atoms with van der Waals surface area (Å²) in [5.41, 5.74) is 9.93. The summed E-state index contributed by atoms with van der Waals surface area (Å²) < 4.78 is 10.0. The number of hydrogen-bond donors (Lipinski definition) is 3. The third kappa shape index (κ3) is 6.01. The SMILES string of the molecule is CCOC(=N)C(N)(CCCCN=C(C)N)C(=O)OCC. The zero-order valence-corrected chi connectivity index (χ0v) is 12.6. The van der Waals surface area contributed by atoms with Crippen LogP contribution in [0.15, 0.2) is 4.99 Å². The first-order valence-corrected chi connectivity index (χ1v) is 6.82. The van der Waals surface area contributed by atoms with E-state index in [1.807, 2.05) is 0 Å². The third-order valence-corrected chi connectivity index (χ3v) is 2.67. The van der Waals surface area contributed by atoms with E-state index in [9.17, 15) is 4.79 Å². The van der Waals surface area contributed by atoms with Gasteiger partial charge >= 0.3 is 5.97 Å². The van der Waals surface area contributed by atoms with Crippen LogP contribution in [-0.4, -0.2) is 43.0 Å². The molecule has 20 heavy (non-hydrogen) atoms. The van der Waals surface area contributed by atoms with Crippen molar-refractivity contribution in [3.8, 4) is 0 Å². The normalized spacial score (nSPS) is 14.5. The molecule has 0 saturated heterocycles. The number of nitrogens with one attached hydrogen (secondary N) is 1. The molecule has 116 valence electrons. The monoisotopic (exact) mass is 286 g/mol. The summed E-state index contributed by atoms with van der Waals surface area (Å²) in [6.45, 7) is 6.22. The number of hydrogen-bond acceptors (Lipinski definition) is 6. The van der Waals surface area contributed by atoms with Gasteiger partial charge in [-0.25, -0.2) is 4.79 Å². The summed E-state index contributed by atoms with van der Waals surface area (Å²) in [7, 11) is 0. The highest BCUT2D eigenvalue weighted by Crippen LogP contribution is 2.16. The van der Waals surface area contributed by atoms with Crippen molar-refractivity contribution < 1.29 is 14.3 Å². The van der Waals surface area contributed by atoms with Gasteiger partial charge in [0.05, 0.1) is 19.0 Å². The van der Waals surface area contributed by atoms with Crippen molar-refractivity contribution in [2.24, 2.45) is 16.5 Å². The Morgan fingerprint density at radius 2 is 1.85 bits per heavy atom.